The molecule has 18 heavy (non-hydrogen) atoms. The van der Waals surface area contributed by atoms with Crippen molar-refractivity contribution in [1.29, 1.82) is 0 Å². The van der Waals surface area contributed by atoms with Crippen LogP contribution >= 0.6 is 79.6 Å². The van der Waals surface area contributed by atoms with Crippen molar-refractivity contribution in [3.05, 3.63) is 52.7 Å². The molecule has 0 bridgehead atoms. The molecule has 0 aromatic heterocycles. The monoisotopic (exact) mass is 572 g/mol. The molecule has 94 valence electrons. The van der Waals surface area contributed by atoms with Gasteiger partial charge in [-0.1, -0.05) is 31.9 Å². The third-order valence-corrected chi connectivity index (χ3v) is 4.82. The highest BCUT2D eigenvalue weighted by molar-refractivity contribution is 9.12. The van der Waals surface area contributed by atoms with Crippen LogP contribution in [-0.4, -0.2) is 0 Å². The zero-order valence-corrected chi connectivity index (χ0v) is 16.6. The maximum atomic E-state index is 5.90. The molecule has 0 amide bonds. The fourth-order valence-electron chi connectivity index (χ4n) is 1.29. The largest absolute Gasteiger partial charge is 0.454 e. The molecule has 0 aliphatic carbocycles. The smallest absolute Gasteiger partial charge is 0.155 e. The standard InChI is InChI=1S/C12H5Br5O/c13-6-1-2-11(8(15)3-6)18-12-9(16)4-7(14)5-10(12)17/h1-5H/i1+1,2+1,3+1,4+1,5+1,6+1,7+1,8+1,9+1,10+1,11+1,12+1. The van der Waals surface area contributed by atoms with Crippen molar-refractivity contribution in [1.82, 2.24) is 0 Å². The second kappa shape index (κ2) is 6.39. The molecule has 0 saturated carbocycles. The van der Waals surface area contributed by atoms with Crippen LogP contribution in [0.1, 0.15) is 0 Å². The molecule has 0 saturated heterocycles. The van der Waals surface area contributed by atoms with Crippen molar-refractivity contribution < 1.29 is 4.74 Å². The van der Waals surface area contributed by atoms with Crippen molar-refractivity contribution in [3.8, 4) is 11.5 Å². The summed E-state index contributed by atoms with van der Waals surface area (Å²) in [5, 5.41) is 0. The molecule has 0 aliphatic heterocycles. The van der Waals surface area contributed by atoms with E-state index in [0.29, 0.717) is 0 Å². The Balaban J connectivity index is 2.40. The Labute approximate surface area is 147 Å². The molecular weight excluding hydrogens is 572 g/mol. The fourth-order valence-corrected chi connectivity index (χ4v) is 4.84. The first-order valence-electron chi connectivity index (χ1n) is 4.75. The van der Waals surface area contributed by atoms with Crippen LogP contribution in [0.2, 0.25) is 0 Å². The van der Waals surface area contributed by atoms with Crippen molar-refractivity contribution in [3.63, 3.8) is 0 Å². The van der Waals surface area contributed by atoms with Gasteiger partial charge in [-0.3, -0.25) is 0 Å². The number of rotatable bonds is 2. The average molecular weight is 577 g/mol. The molecular formula is C12H5Br5O. The summed E-state index contributed by atoms with van der Waals surface area (Å²) in [6.45, 7) is 0. The van der Waals surface area contributed by atoms with E-state index in [1.165, 1.54) is 0 Å². The van der Waals surface area contributed by atoms with Gasteiger partial charge in [0.05, 0.1) is 13.4 Å². The molecule has 2 aromatic carbocycles. The summed E-state index contributed by atoms with van der Waals surface area (Å²) in [4.78, 5) is 0. The lowest BCUT2D eigenvalue weighted by atomic mass is 11.3. The Morgan fingerprint density at radius 2 is 1.22 bits per heavy atom. The Morgan fingerprint density at radius 3 is 1.78 bits per heavy atom. The van der Waals surface area contributed by atoms with E-state index in [0.717, 1.165) is 33.9 Å². The maximum absolute atomic E-state index is 5.90. The minimum Gasteiger partial charge on any atom is -0.454 e. The third kappa shape index (κ3) is 3.60. The van der Waals surface area contributed by atoms with Crippen LogP contribution in [0.3, 0.4) is 0 Å². The van der Waals surface area contributed by atoms with Gasteiger partial charge in [-0.2, -0.15) is 0 Å². The molecule has 1 nitrogen and oxygen atoms in total. The molecule has 0 unspecified atom stereocenters. The lowest BCUT2D eigenvalue weighted by Crippen LogP contribution is -1.88. The summed E-state index contributed by atoms with van der Waals surface area (Å²) in [5.41, 5.74) is 0. The van der Waals surface area contributed by atoms with Gasteiger partial charge in [0, 0.05) is 8.95 Å². The van der Waals surface area contributed by atoms with Crippen molar-refractivity contribution in [2.75, 3.05) is 0 Å². The molecule has 0 atom stereocenters. The highest BCUT2D eigenvalue weighted by atomic mass is 79.9. The van der Waals surface area contributed by atoms with E-state index in [1.807, 2.05) is 30.3 Å². The highest BCUT2D eigenvalue weighted by Crippen LogP contribution is 2.41. The van der Waals surface area contributed by atoms with Gasteiger partial charge in [-0.15, -0.1) is 0 Å². The van der Waals surface area contributed by atoms with E-state index in [9.17, 15) is 0 Å². The molecule has 0 radical (unpaired) electrons. The van der Waals surface area contributed by atoms with E-state index in [1.54, 1.807) is 0 Å². The molecule has 0 heterocycles. The Bertz CT molecular complexity index is 574. The zero-order valence-electron chi connectivity index (χ0n) is 8.68. The predicted molar refractivity (Wildman–Crippen MR) is 91.5 cm³/mol. The quantitative estimate of drug-likeness (QED) is 0.365. The van der Waals surface area contributed by atoms with Gasteiger partial charge in [0.2, 0.25) is 0 Å². The highest BCUT2D eigenvalue weighted by Gasteiger charge is 2.11. The number of hydrogen-bond acceptors (Lipinski definition) is 1. The Morgan fingerprint density at radius 1 is 0.667 bits per heavy atom. The van der Waals surface area contributed by atoms with Gasteiger partial charge in [-0.05, 0) is 78.1 Å². The molecule has 6 heteroatoms. The number of hydrogen-bond donors (Lipinski definition) is 0. The summed E-state index contributed by atoms with van der Waals surface area (Å²) in [6.07, 6.45) is 0. The first-order valence-corrected chi connectivity index (χ1v) is 8.71. The number of ether oxygens (including phenoxy) is 1. The summed E-state index contributed by atoms with van der Waals surface area (Å²) >= 11 is 17.3. The first kappa shape index (κ1) is 15.0. The van der Waals surface area contributed by atoms with Crippen LogP contribution in [0.4, 0.5) is 0 Å². The lowest BCUT2D eigenvalue weighted by Gasteiger charge is -2.12. The van der Waals surface area contributed by atoms with Crippen LogP contribution in [0, 0.1) is 0 Å². The van der Waals surface area contributed by atoms with E-state index >= 15 is 0 Å². The second-order valence-electron chi connectivity index (χ2n) is 3.38. The SMILES string of the molecule is Br[13c]1[13cH][13cH][13c](O[13c]2[13c](Br)[13cH][13c](Br)[13cH][13c]2Br)[13c](Br)[13cH]1. The Hall–Kier alpha value is 0.640. The summed E-state index contributed by atoms with van der Waals surface area (Å²) in [7, 11) is 0. The summed E-state index contributed by atoms with van der Waals surface area (Å²) in [5.74, 6) is 1.49. The molecule has 2 aromatic rings. The van der Waals surface area contributed by atoms with Crippen LogP contribution in [-0.2, 0) is 0 Å². The lowest BCUT2D eigenvalue weighted by molar-refractivity contribution is 0.473. The van der Waals surface area contributed by atoms with E-state index in [4.69, 9.17) is 4.74 Å². The van der Waals surface area contributed by atoms with Crippen LogP contribution in [0.15, 0.2) is 52.7 Å². The third-order valence-electron chi connectivity index (χ3n) is 2.07. The van der Waals surface area contributed by atoms with Gasteiger partial charge < -0.3 is 4.74 Å². The average Bonchev–Trinajstić information content (AvgIpc) is 2.25. The molecule has 2 rings (SSSR count). The molecule has 0 N–H and O–H groups in total. The Kier molecular flexibility index (Phi) is 5.34. The van der Waals surface area contributed by atoms with Crippen LogP contribution in [0.5, 0.6) is 11.5 Å². The normalized spacial score (nSPS) is 10.5. The van der Waals surface area contributed by atoms with Crippen molar-refractivity contribution in [2.24, 2.45) is 0 Å². The first-order chi connectivity index (χ1) is 8.47. The number of benzene rings is 2. The fraction of sp³-hybridized carbons (Fsp3) is 0. The van der Waals surface area contributed by atoms with E-state index in [2.05, 4.69) is 79.6 Å². The van der Waals surface area contributed by atoms with Gasteiger partial charge in [0.1, 0.15) is 5.75 Å². The van der Waals surface area contributed by atoms with Gasteiger partial charge >= 0.3 is 0 Å². The molecule has 0 aliphatic rings. The van der Waals surface area contributed by atoms with Gasteiger partial charge in [-0.25, -0.2) is 0 Å². The molecule has 0 fully saturated rings. The van der Waals surface area contributed by atoms with E-state index < -0.39 is 0 Å². The van der Waals surface area contributed by atoms with Gasteiger partial charge in [0.15, 0.2) is 5.75 Å². The topological polar surface area (TPSA) is 9.23 Å². The maximum Gasteiger partial charge on any atom is 0.155 e. The minimum atomic E-state index is 0.737. The summed E-state index contributed by atoms with van der Waals surface area (Å²) in [6, 6.07) is 9.64. The number of halogens is 5. The predicted octanol–water partition coefficient (Wildman–Crippen LogP) is 7.29. The minimum absolute atomic E-state index is 0.737. The zero-order chi connectivity index (χ0) is 13.3. The van der Waals surface area contributed by atoms with Crippen LogP contribution in [0.25, 0.3) is 0 Å². The summed E-state index contributed by atoms with van der Waals surface area (Å²) < 4.78 is 10.5. The van der Waals surface area contributed by atoms with Crippen molar-refractivity contribution >= 4 is 79.6 Å². The van der Waals surface area contributed by atoms with Crippen LogP contribution < -0.4 is 4.74 Å². The van der Waals surface area contributed by atoms with E-state index in [-0.39, 0.29) is 0 Å². The molecule has 0 spiro atoms. The van der Waals surface area contributed by atoms with Gasteiger partial charge in [0.25, 0.3) is 0 Å². The van der Waals surface area contributed by atoms with Crippen molar-refractivity contribution in [2.45, 2.75) is 0 Å². The second-order valence-corrected chi connectivity index (χ2v) is 7.77.